The number of carbonyl (C=O) groups is 1. The Balaban J connectivity index is 1.64. The maximum atomic E-state index is 12.3. The highest BCUT2D eigenvalue weighted by Gasteiger charge is 2.24. The first-order valence-corrected chi connectivity index (χ1v) is 10.5. The lowest BCUT2D eigenvalue weighted by Gasteiger charge is -2.22. The van der Waals surface area contributed by atoms with E-state index >= 15 is 0 Å². The van der Waals surface area contributed by atoms with Crippen LogP contribution in [0.25, 0.3) is 11.0 Å². The second-order valence-corrected chi connectivity index (χ2v) is 9.48. The number of rotatable bonds is 4. The van der Waals surface area contributed by atoms with Crippen molar-refractivity contribution in [1.82, 2.24) is 5.32 Å². The summed E-state index contributed by atoms with van der Waals surface area (Å²) in [4.78, 5) is 12.3. The highest BCUT2D eigenvalue weighted by Crippen LogP contribution is 2.30. The zero-order valence-corrected chi connectivity index (χ0v) is 15.8. The van der Waals surface area contributed by atoms with Crippen LogP contribution in [0.3, 0.4) is 0 Å². The van der Waals surface area contributed by atoms with E-state index in [1.807, 2.05) is 13.8 Å². The summed E-state index contributed by atoms with van der Waals surface area (Å²) in [6.07, 6.45) is 3.22. The number of benzene rings is 1. The van der Waals surface area contributed by atoms with Gasteiger partial charge in [-0.3, -0.25) is 4.79 Å². The third-order valence-corrected chi connectivity index (χ3v) is 6.96. The van der Waals surface area contributed by atoms with E-state index in [4.69, 9.17) is 4.42 Å². The summed E-state index contributed by atoms with van der Waals surface area (Å²) >= 11 is 0. The molecule has 25 heavy (non-hydrogen) atoms. The summed E-state index contributed by atoms with van der Waals surface area (Å²) in [5, 5.41) is 3.98. The van der Waals surface area contributed by atoms with Gasteiger partial charge in [-0.15, -0.1) is 0 Å². The molecular formula is C19H25NO4S. The highest BCUT2D eigenvalue weighted by atomic mass is 32.2. The Morgan fingerprint density at radius 3 is 2.56 bits per heavy atom. The second kappa shape index (κ2) is 6.83. The molecule has 1 aliphatic rings. The van der Waals surface area contributed by atoms with Gasteiger partial charge in [0.1, 0.15) is 15.4 Å². The van der Waals surface area contributed by atoms with Gasteiger partial charge in [-0.25, -0.2) is 8.42 Å². The lowest BCUT2D eigenvalue weighted by atomic mass is 9.98. The van der Waals surface area contributed by atoms with Gasteiger partial charge in [0.2, 0.25) is 5.91 Å². The van der Waals surface area contributed by atoms with Crippen molar-refractivity contribution in [2.75, 3.05) is 18.1 Å². The third kappa shape index (κ3) is 3.89. The van der Waals surface area contributed by atoms with E-state index in [2.05, 4.69) is 18.3 Å². The Labute approximate surface area is 148 Å². The van der Waals surface area contributed by atoms with E-state index in [-0.39, 0.29) is 29.8 Å². The van der Waals surface area contributed by atoms with Crippen molar-refractivity contribution in [2.45, 2.75) is 40.0 Å². The molecule has 0 spiro atoms. The molecule has 1 aliphatic heterocycles. The van der Waals surface area contributed by atoms with Crippen LogP contribution in [-0.2, 0) is 21.1 Å². The minimum atomic E-state index is -2.86. The first-order chi connectivity index (χ1) is 11.8. The maximum Gasteiger partial charge on any atom is 0.224 e. The summed E-state index contributed by atoms with van der Waals surface area (Å²) in [5.41, 5.74) is 5.17. The smallest absolute Gasteiger partial charge is 0.224 e. The molecule has 0 aliphatic carbocycles. The summed E-state index contributed by atoms with van der Waals surface area (Å²) in [7, 11) is -2.86. The van der Waals surface area contributed by atoms with Gasteiger partial charge in [0.15, 0.2) is 0 Å². The minimum absolute atomic E-state index is 0.0474. The maximum absolute atomic E-state index is 12.3. The van der Waals surface area contributed by atoms with Crippen molar-refractivity contribution < 1.29 is 17.6 Å². The van der Waals surface area contributed by atoms with Crippen LogP contribution in [0.2, 0.25) is 0 Å². The van der Waals surface area contributed by atoms with Gasteiger partial charge >= 0.3 is 0 Å². The Bertz CT molecular complexity index is 897. The fourth-order valence-corrected chi connectivity index (χ4v) is 5.14. The molecule has 1 aromatic heterocycles. The molecule has 0 saturated carbocycles. The van der Waals surface area contributed by atoms with Crippen molar-refractivity contribution >= 4 is 26.7 Å². The molecule has 0 bridgehead atoms. The molecule has 136 valence electrons. The highest BCUT2D eigenvalue weighted by molar-refractivity contribution is 7.91. The van der Waals surface area contributed by atoms with Gasteiger partial charge < -0.3 is 9.73 Å². The molecule has 2 aromatic rings. The molecule has 3 rings (SSSR count). The average Bonchev–Trinajstić information content (AvgIpc) is 2.96. The van der Waals surface area contributed by atoms with Crippen LogP contribution >= 0.6 is 0 Å². The van der Waals surface area contributed by atoms with Crippen LogP contribution in [0.4, 0.5) is 0 Å². The molecule has 2 heterocycles. The Hall–Kier alpha value is -1.82. The normalized spacial score (nSPS) is 17.7. The SMILES string of the molecule is Cc1cc(C)c2c(CC(=O)NCC3CCS(=O)(=O)CC3)coc2c1C. The molecule has 6 heteroatoms. The molecule has 1 aromatic carbocycles. The molecule has 0 radical (unpaired) electrons. The summed E-state index contributed by atoms with van der Waals surface area (Å²) in [5.74, 6) is 0.670. The largest absolute Gasteiger partial charge is 0.464 e. The van der Waals surface area contributed by atoms with Gasteiger partial charge in [-0.05, 0) is 56.2 Å². The first-order valence-electron chi connectivity index (χ1n) is 8.71. The zero-order valence-electron chi connectivity index (χ0n) is 15.0. The molecule has 1 fully saturated rings. The van der Waals surface area contributed by atoms with E-state index in [9.17, 15) is 13.2 Å². The number of furan rings is 1. The van der Waals surface area contributed by atoms with Gasteiger partial charge in [0, 0.05) is 17.5 Å². The Kier molecular flexibility index (Phi) is 4.91. The molecule has 1 N–H and O–H groups in total. The average molecular weight is 363 g/mol. The summed E-state index contributed by atoms with van der Waals surface area (Å²) in [6.45, 7) is 6.66. The topological polar surface area (TPSA) is 76.4 Å². The number of fused-ring (bicyclic) bond motifs is 1. The van der Waals surface area contributed by atoms with Crippen molar-refractivity contribution in [1.29, 1.82) is 0 Å². The second-order valence-electron chi connectivity index (χ2n) is 7.18. The lowest BCUT2D eigenvalue weighted by Crippen LogP contribution is -2.34. The number of hydrogen-bond donors (Lipinski definition) is 1. The number of aryl methyl sites for hydroxylation is 3. The van der Waals surface area contributed by atoms with Crippen LogP contribution in [-0.4, -0.2) is 32.4 Å². The van der Waals surface area contributed by atoms with Crippen molar-refractivity contribution in [3.05, 3.63) is 34.6 Å². The number of hydrogen-bond acceptors (Lipinski definition) is 4. The third-order valence-electron chi connectivity index (χ3n) is 5.24. The van der Waals surface area contributed by atoms with Crippen molar-refractivity contribution in [2.24, 2.45) is 5.92 Å². The molecule has 0 atom stereocenters. The van der Waals surface area contributed by atoms with Gasteiger partial charge in [-0.1, -0.05) is 6.07 Å². The van der Waals surface area contributed by atoms with Crippen LogP contribution in [0, 0.1) is 26.7 Å². The van der Waals surface area contributed by atoms with Crippen LogP contribution in [0.1, 0.15) is 35.1 Å². The number of carbonyl (C=O) groups excluding carboxylic acids is 1. The molecule has 5 nitrogen and oxygen atoms in total. The number of nitrogens with one attached hydrogen (secondary N) is 1. The quantitative estimate of drug-likeness (QED) is 0.906. The fourth-order valence-electron chi connectivity index (χ4n) is 3.55. The van der Waals surface area contributed by atoms with Gasteiger partial charge in [0.25, 0.3) is 0 Å². The van der Waals surface area contributed by atoms with E-state index in [1.54, 1.807) is 6.26 Å². The van der Waals surface area contributed by atoms with Crippen LogP contribution in [0.15, 0.2) is 16.7 Å². The monoisotopic (exact) mass is 363 g/mol. The molecular weight excluding hydrogens is 338 g/mol. The van der Waals surface area contributed by atoms with Crippen molar-refractivity contribution in [3.8, 4) is 0 Å². The number of sulfone groups is 1. The summed E-state index contributed by atoms with van der Waals surface area (Å²) < 4.78 is 28.6. The predicted molar refractivity (Wildman–Crippen MR) is 98.5 cm³/mol. The lowest BCUT2D eigenvalue weighted by molar-refractivity contribution is -0.120. The Morgan fingerprint density at radius 1 is 1.20 bits per heavy atom. The number of amides is 1. The van der Waals surface area contributed by atoms with Crippen LogP contribution in [0.5, 0.6) is 0 Å². The van der Waals surface area contributed by atoms with E-state index in [0.29, 0.717) is 19.4 Å². The molecule has 1 amide bonds. The van der Waals surface area contributed by atoms with Gasteiger partial charge in [0.05, 0.1) is 24.2 Å². The predicted octanol–water partition coefficient (Wildman–Crippen LogP) is 2.84. The van der Waals surface area contributed by atoms with E-state index < -0.39 is 9.84 Å². The van der Waals surface area contributed by atoms with Crippen molar-refractivity contribution in [3.63, 3.8) is 0 Å². The first kappa shape index (κ1) is 18.0. The Morgan fingerprint density at radius 2 is 1.88 bits per heavy atom. The van der Waals surface area contributed by atoms with Crippen LogP contribution < -0.4 is 5.32 Å². The minimum Gasteiger partial charge on any atom is -0.464 e. The molecule has 1 saturated heterocycles. The standard InChI is InChI=1S/C19H25NO4S/c1-12-8-13(2)18-16(11-24-19(18)14(12)3)9-17(21)20-10-15-4-6-25(22,23)7-5-15/h8,11,15H,4-7,9-10H2,1-3H3,(H,20,21). The van der Waals surface area contributed by atoms with E-state index in [1.165, 1.54) is 5.56 Å². The van der Waals surface area contributed by atoms with E-state index in [0.717, 1.165) is 27.7 Å². The molecule has 0 unspecified atom stereocenters. The summed E-state index contributed by atoms with van der Waals surface area (Å²) in [6, 6.07) is 2.12. The zero-order chi connectivity index (χ0) is 18.2. The fraction of sp³-hybridized carbons (Fsp3) is 0.526. The van der Waals surface area contributed by atoms with Gasteiger partial charge in [-0.2, -0.15) is 0 Å².